The molecule has 0 aromatic carbocycles. The van der Waals surface area contributed by atoms with E-state index in [-0.39, 0.29) is 18.5 Å². The number of furan rings is 1. The standard InChI is InChI=1S/C19H26O5S/c1-3-13(9-15-6-7-16(10-20)24-15)5-8-17-19-14(4-2)12-25(21,22)18(19)11-23-17/h6-7,9,17-18,20H,3-5,8,10-12H2,1-2H3/b13-9+/t17-,18+/m1/s1. The summed E-state index contributed by atoms with van der Waals surface area (Å²) in [4.78, 5) is 0. The first-order chi connectivity index (χ1) is 12.0. The second kappa shape index (κ2) is 7.48. The van der Waals surface area contributed by atoms with Gasteiger partial charge in [-0.1, -0.05) is 25.0 Å². The monoisotopic (exact) mass is 366 g/mol. The van der Waals surface area contributed by atoms with Crippen molar-refractivity contribution in [1.82, 2.24) is 0 Å². The average Bonchev–Trinajstić information content (AvgIpc) is 3.28. The van der Waals surface area contributed by atoms with Crippen molar-refractivity contribution in [2.75, 3.05) is 12.4 Å². The van der Waals surface area contributed by atoms with Crippen LogP contribution >= 0.6 is 0 Å². The number of aliphatic hydroxyl groups is 1. The van der Waals surface area contributed by atoms with E-state index in [4.69, 9.17) is 14.3 Å². The molecule has 25 heavy (non-hydrogen) atoms. The number of hydrogen-bond acceptors (Lipinski definition) is 5. The van der Waals surface area contributed by atoms with Crippen LogP contribution in [0.2, 0.25) is 0 Å². The second-order valence-electron chi connectivity index (χ2n) is 6.69. The number of hydrogen-bond donors (Lipinski definition) is 1. The Morgan fingerprint density at radius 3 is 2.80 bits per heavy atom. The first-order valence-electron chi connectivity index (χ1n) is 8.92. The lowest BCUT2D eigenvalue weighted by atomic mass is 9.95. The Bertz CT molecular complexity index is 784. The molecule has 1 fully saturated rings. The highest BCUT2D eigenvalue weighted by molar-refractivity contribution is 7.92. The van der Waals surface area contributed by atoms with Crippen molar-refractivity contribution in [2.45, 2.75) is 57.5 Å². The van der Waals surface area contributed by atoms with Crippen LogP contribution in [0.15, 0.2) is 33.3 Å². The lowest BCUT2D eigenvalue weighted by molar-refractivity contribution is 0.117. The quantitative estimate of drug-likeness (QED) is 0.750. The van der Waals surface area contributed by atoms with Gasteiger partial charge >= 0.3 is 0 Å². The fraction of sp³-hybridized carbons (Fsp3) is 0.579. The minimum atomic E-state index is -3.06. The Kier molecular flexibility index (Phi) is 5.51. The normalized spacial score (nSPS) is 25.6. The highest BCUT2D eigenvalue weighted by atomic mass is 32.2. The molecule has 0 saturated carbocycles. The van der Waals surface area contributed by atoms with Crippen LogP contribution < -0.4 is 0 Å². The molecule has 1 N–H and O–H groups in total. The Labute approximate surface area is 149 Å². The summed E-state index contributed by atoms with van der Waals surface area (Å²) in [6.07, 6.45) is 5.21. The third kappa shape index (κ3) is 3.76. The van der Waals surface area contributed by atoms with E-state index in [1.54, 1.807) is 6.07 Å². The molecule has 0 amide bonds. The second-order valence-corrected chi connectivity index (χ2v) is 8.87. The molecule has 0 unspecified atom stereocenters. The van der Waals surface area contributed by atoms with E-state index < -0.39 is 15.1 Å². The van der Waals surface area contributed by atoms with Crippen molar-refractivity contribution in [3.8, 4) is 0 Å². The molecule has 6 heteroatoms. The molecule has 3 rings (SSSR count). The Hall–Kier alpha value is -1.37. The predicted octanol–water partition coefficient (Wildman–Crippen LogP) is 3.25. The number of fused-ring (bicyclic) bond motifs is 1. The average molecular weight is 366 g/mol. The molecule has 0 aliphatic carbocycles. The van der Waals surface area contributed by atoms with E-state index in [0.717, 1.165) is 42.6 Å². The molecular formula is C19H26O5S. The van der Waals surface area contributed by atoms with Crippen molar-refractivity contribution in [1.29, 1.82) is 0 Å². The molecule has 1 saturated heterocycles. The maximum absolute atomic E-state index is 12.3. The molecule has 3 heterocycles. The number of ether oxygens (including phenoxy) is 1. The van der Waals surface area contributed by atoms with Gasteiger partial charge in [0.1, 0.15) is 23.4 Å². The largest absolute Gasteiger partial charge is 0.459 e. The van der Waals surface area contributed by atoms with E-state index in [9.17, 15) is 8.42 Å². The molecular weight excluding hydrogens is 340 g/mol. The van der Waals surface area contributed by atoms with Crippen molar-refractivity contribution in [3.63, 3.8) is 0 Å². The maximum Gasteiger partial charge on any atom is 0.163 e. The first kappa shape index (κ1) is 18.4. The lowest BCUT2D eigenvalue weighted by Gasteiger charge is -2.14. The van der Waals surface area contributed by atoms with Crippen LogP contribution in [0.1, 0.15) is 51.1 Å². The molecule has 0 spiro atoms. The minimum Gasteiger partial charge on any atom is -0.459 e. The highest BCUT2D eigenvalue weighted by Crippen LogP contribution is 2.39. The van der Waals surface area contributed by atoms with Gasteiger partial charge in [-0.15, -0.1) is 0 Å². The first-order valence-corrected chi connectivity index (χ1v) is 10.6. The smallest absolute Gasteiger partial charge is 0.163 e. The van der Waals surface area contributed by atoms with Gasteiger partial charge in [-0.2, -0.15) is 0 Å². The zero-order chi connectivity index (χ0) is 18.0. The Morgan fingerprint density at radius 1 is 1.36 bits per heavy atom. The van der Waals surface area contributed by atoms with E-state index in [1.165, 1.54) is 5.57 Å². The summed E-state index contributed by atoms with van der Waals surface area (Å²) in [5.41, 5.74) is 3.30. The summed E-state index contributed by atoms with van der Waals surface area (Å²) < 4.78 is 35.9. The molecule has 5 nitrogen and oxygen atoms in total. The van der Waals surface area contributed by atoms with Crippen LogP contribution in [0.4, 0.5) is 0 Å². The van der Waals surface area contributed by atoms with E-state index in [0.29, 0.717) is 12.4 Å². The van der Waals surface area contributed by atoms with Gasteiger partial charge in [0.2, 0.25) is 0 Å². The summed E-state index contributed by atoms with van der Waals surface area (Å²) in [7, 11) is -3.06. The fourth-order valence-electron chi connectivity index (χ4n) is 3.74. The lowest BCUT2D eigenvalue weighted by Crippen LogP contribution is -2.19. The van der Waals surface area contributed by atoms with Gasteiger partial charge in [0.25, 0.3) is 0 Å². The summed E-state index contributed by atoms with van der Waals surface area (Å²) in [5, 5.41) is 8.66. The van der Waals surface area contributed by atoms with E-state index in [1.807, 2.05) is 19.1 Å². The molecule has 0 bridgehead atoms. The molecule has 2 aliphatic rings. The van der Waals surface area contributed by atoms with Crippen molar-refractivity contribution in [2.24, 2.45) is 0 Å². The van der Waals surface area contributed by atoms with Crippen LogP contribution in [-0.2, 0) is 21.2 Å². The van der Waals surface area contributed by atoms with Gasteiger partial charge in [0, 0.05) is 0 Å². The number of aliphatic hydroxyl groups excluding tert-OH is 1. The maximum atomic E-state index is 12.3. The van der Waals surface area contributed by atoms with Gasteiger partial charge in [-0.05, 0) is 49.5 Å². The predicted molar refractivity (Wildman–Crippen MR) is 96.8 cm³/mol. The van der Waals surface area contributed by atoms with Gasteiger partial charge in [-0.3, -0.25) is 0 Å². The zero-order valence-corrected chi connectivity index (χ0v) is 15.6. The number of allylic oxidation sites excluding steroid dienone is 1. The van der Waals surface area contributed by atoms with Crippen molar-refractivity contribution in [3.05, 3.63) is 40.4 Å². The van der Waals surface area contributed by atoms with Gasteiger partial charge in [0.15, 0.2) is 9.84 Å². The molecule has 1 aromatic rings. The summed E-state index contributed by atoms with van der Waals surface area (Å²) >= 11 is 0. The van der Waals surface area contributed by atoms with Gasteiger partial charge in [0.05, 0.1) is 18.5 Å². The number of sulfone groups is 1. The molecule has 0 radical (unpaired) electrons. The zero-order valence-electron chi connectivity index (χ0n) is 14.8. The summed E-state index contributed by atoms with van der Waals surface area (Å²) in [6.45, 7) is 4.31. The van der Waals surface area contributed by atoms with Gasteiger partial charge in [-0.25, -0.2) is 8.42 Å². The minimum absolute atomic E-state index is 0.0863. The Morgan fingerprint density at radius 2 is 2.16 bits per heavy atom. The SMILES string of the molecule is CCC1=C2[C@@H](CC/C(=C/c3ccc(CO)o3)CC)OC[C@@H]2S(=O)(=O)C1. The van der Waals surface area contributed by atoms with E-state index in [2.05, 4.69) is 6.92 Å². The Balaban J connectivity index is 1.70. The molecule has 1 aromatic heterocycles. The third-order valence-electron chi connectivity index (χ3n) is 5.15. The molecule has 2 atom stereocenters. The molecule has 2 aliphatic heterocycles. The summed E-state index contributed by atoms with van der Waals surface area (Å²) in [6, 6.07) is 3.62. The molecule has 138 valence electrons. The van der Waals surface area contributed by atoms with Crippen molar-refractivity contribution < 1.29 is 22.7 Å². The fourth-order valence-corrected chi connectivity index (χ4v) is 5.79. The van der Waals surface area contributed by atoms with Crippen LogP contribution in [-0.4, -0.2) is 37.2 Å². The third-order valence-corrected chi connectivity index (χ3v) is 7.16. The van der Waals surface area contributed by atoms with E-state index >= 15 is 0 Å². The van der Waals surface area contributed by atoms with Crippen LogP contribution in [0.5, 0.6) is 0 Å². The van der Waals surface area contributed by atoms with Crippen LogP contribution in [0, 0.1) is 0 Å². The highest BCUT2D eigenvalue weighted by Gasteiger charge is 2.46. The summed E-state index contributed by atoms with van der Waals surface area (Å²) in [5.74, 6) is 1.50. The topological polar surface area (TPSA) is 76.7 Å². The van der Waals surface area contributed by atoms with Crippen LogP contribution in [0.25, 0.3) is 6.08 Å². The number of rotatable bonds is 7. The van der Waals surface area contributed by atoms with Crippen molar-refractivity contribution >= 4 is 15.9 Å². The van der Waals surface area contributed by atoms with Crippen LogP contribution in [0.3, 0.4) is 0 Å². The van der Waals surface area contributed by atoms with Gasteiger partial charge < -0.3 is 14.3 Å².